The molecule has 86 valence electrons. The maximum atomic E-state index is 11.7. The number of hydrogen-bond donors (Lipinski definition) is 2. The third-order valence-corrected chi connectivity index (χ3v) is 2.79. The molecular formula is C11H15N3O2. The standard InChI is InChI=1S/C11H15N3O2/c1-7-6-9(15)14-5-3-4-8(10(14)13-7)11(16)12-2/h6,13H,3-5H2,1-2H3,(H,12,16). The molecule has 0 spiro atoms. The van der Waals surface area contributed by atoms with Gasteiger partial charge in [-0.2, -0.15) is 0 Å². The van der Waals surface area contributed by atoms with Gasteiger partial charge in [0.15, 0.2) is 0 Å². The highest BCUT2D eigenvalue weighted by Crippen LogP contribution is 2.24. The number of rotatable bonds is 1. The van der Waals surface area contributed by atoms with Crippen molar-refractivity contribution in [3.05, 3.63) is 23.2 Å². The summed E-state index contributed by atoms with van der Waals surface area (Å²) in [5.74, 6) is 0.484. The van der Waals surface area contributed by atoms with Crippen LogP contribution < -0.4 is 10.6 Å². The molecule has 2 amide bonds. The Morgan fingerprint density at radius 3 is 3.00 bits per heavy atom. The van der Waals surface area contributed by atoms with Gasteiger partial charge in [-0.15, -0.1) is 0 Å². The fourth-order valence-electron chi connectivity index (χ4n) is 2.03. The van der Waals surface area contributed by atoms with Crippen molar-refractivity contribution in [2.45, 2.75) is 19.8 Å². The van der Waals surface area contributed by atoms with Crippen LogP contribution in [0.15, 0.2) is 23.2 Å². The average Bonchev–Trinajstić information content (AvgIpc) is 2.27. The Kier molecular flexibility index (Phi) is 2.68. The van der Waals surface area contributed by atoms with Crippen LogP contribution in [0.3, 0.4) is 0 Å². The first kappa shape index (κ1) is 10.7. The van der Waals surface area contributed by atoms with Crippen molar-refractivity contribution in [1.82, 2.24) is 15.5 Å². The van der Waals surface area contributed by atoms with E-state index >= 15 is 0 Å². The van der Waals surface area contributed by atoms with Crippen LogP contribution in [0.2, 0.25) is 0 Å². The van der Waals surface area contributed by atoms with E-state index in [-0.39, 0.29) is 11.8 Å². The molecule has 0 saturated carbocycles. The summed E-state index contributed by atoms with van der Waals surface area (Å²) in [6.45, 7) is 2.49. The Labute approximate surface area is 94.2 Å². The number of fused-ring (bicyclic) bond motifs is 1. The second kappa shape index (κ2) is 4.00. The second-order valence-corrected chi connectivity index (χ2v) is 3.95. The Balaban J connectivity index is 2.42. The zero-order chi connectivity index (χ0) is 11.7. The van der Waals surface area contributed by atoms with Gasteiger partial charge in [-0.25, -0.2) is 0 Å². The minimum absolute atomic E-state index is 0.0487. The molecule has 0 aromatic heterocycles. The van der Waals surface area contributed by atoms with Crippen LogP contribution in [-0.4, -0.2) is 30.3 Å². The summed E-state index contributed by atoms with van der Waals surface area (Å²) in [5, 5.41) is 5.70. The maximum Gasteiger partial charge on any atom is 0.253 e. The summed E-state index contributed by atoms with van der Waals surface area (Å²) in [6, 6.07) is 0. The van der Waals surface area contributed by atoms with Gasteiger partial charge < -0.3 is 10.6 Å². The molecule has 16 heavy (non-hydrogen) atoms. The molecule has 0 bridgehead atoms. The third-order valence-electron chi connectivity index (χ3n) is 2.79. The first-order valence-corrected chi connectivity index (χ1v) is 5.35. The number of hydrogen-bond acceptors (Lipinski definition) is 3. The van der Waals surface area contributed by atoms with Gasteiger partial charge in [0.2, 0.25) is 0 Å². The van der Waals surface area contributed by atoms with E-state index in [1.165, 1.54) is 0 Å². The Bertz CT molecular complexity index is 409. The summed E-state index contributed by atoms with van der Waals surface area (Å²) in [6.07, 6.45) is 3.09. The van der Waals surface area contributed by atoms with Gasteiger partial charge in [-0.05, 0) is 19.8 Å². The summed E-state index contributed by atoms with van der Waals surface area (Å²) >= 11 is 0. The van der Waals surface area contributed by atoms with E-state index in [1.54, 1.807) is 18.0 Å². The molecule has 2 aliphatic heterocycles. The zero-order valence-electron chi connectivity index (χ0n) is 9.46. The number of nitrogens with zero attached hydrogens (tertiary/aromatic N) is 1. The van der Waals surface area contributed by atoms with Gasteiger partial charge >= 0.3 is 0 Å². The quantitative estimate of drug-likeness (QED) is 0.659. The summed E-state index contributed by atoms with van der Waals surface area (Å²) < 4.78 is 0. The first-order valence-electron chi connectivity index (χ1n) is 5.35. The van der Waals surface area contributed by atoms with E-state index in [0.29, 0.717) is 24.4 Å². The summed E-state index contributed by atoms with van der Waals surface area (Å²) in [4.78, 5) is 25.0. The Morgan fingerprint density at radius 2 is 2.31 bits per heavy atom. The minimum Gasteiger partial charge on any atom is -0.355 e. The highest BCUT2D eigenvalue weighted by atomic mass is 16.2. The average molecular weight is 221 g/mol. The molecule has 5 heteroatoms. The maximum absolute atomic E-state index is 11.7. The van der Waals surface area contributed by atoms with Crippen molar-refractivity contribution >= 4 is 11.8 Å². The van der Waals surface area contributed by atoms with Crippen LogP contribution in [0, 0.1) is 0 Å². The predicted octanol–water partition coefficient (Wildman–Crippen LogP) is 0.0734. The van der Waals surface area contributed by atoms with Gasteiger partial charge in [-0.1, -0.05) is 0 Å². The fourth-order valence-corrected chi connectivity index (χ4v) is 2.03. The van der Waals surface area contributed by atoms with Crippen molar-refractivity contribution < 1.29 is 9.59 Å². The smallest absolute Gasteiger partial charge is 0.253 e. The number of amides is 2. The van der Waals surface area contributed by atoms with Crippen LogP contribution in [0.1, 0.15) is 19.8 Å². The molecule has 0 aliphatic carbocycles. The molecule has 0 saturated heterocycles. The van der Waals surface area contributed by atoms with Crippen LogP contribution in [0.25, 0.3) is 0 Å². The molecule has 2 N–H and O–H groups in total. The number of allylic oxidation sites excluding steroid dienone is 1. The van der Waals surface area contributed by atoms with Crippen molar-refractivity contribution in [3.63, 3.8) is 0 Å². The summed E-state index contributed by atoms with van der Waals surface area (Å²) in [7, 11) is 1.60. The lowest BCUT2D eigenvalue weighted by Gasteiger charge is -2.34. The van der Waals surface area contributed by atoms with Gasteiger partial charge in [0, 0.05) is 25.4 Å². The number of nitrogens with one attached hydrogen (secondary N) is 2. The number of carbonyl (C=O) groups excluding carboxylic acids is 2. The number of likely N-dealkylation sites (N-methyl/N-ethyl adjacent to an activating group) is 1. The topological polar surface area (TPSA) is 61.4 Å². The van der Waals surface area contributed by atoms with Gasteiger partial charge in [0.25, 0.3) is 11.8 Å². The van der Waals surface area contributed by atoms with Crippen LogP contribution in [0.4, 0.5) is 0 Å². The second-order valence-electron chi connectivity index (χ2n) is 3.95. The lowest BCUT2D eigenvalue weighted by Crippen LogP contribution is -2.45. The van der Waals surface area contributed by atoms with E-state index < -0.39 is 0 Å². The van der Waals surface area contributed by atoms with Crippen molar-refractivity contribution in [2.75, 3.05) is 13.6 Å². The van der Waals surface area contributed by atoms with Crippen molar-refractivity contribution in [3.8, 4) is 0 Å². The highest BCUT2D eigenvalue weighted by molar-refractivity contribution is 5.97. The molecule has 5 nitrogen and oxygen atoms in total. The monoisotopic (exact) mass is 221 g/mol. The van der Waals surface area contributed by atoms with E-state index in [2.05, 4.69) is 10.6 Å². The SMILES string of the molecule is CNC(=O)C1=C2NC(C)=CC(=O)N2CCC1. The molecule has 2 rings (SSSR count). The molecule has 0 aromatic carbocycles. The molecule has 0 fully saturated rings. The molecule has 0 unspecified atom stereocenters. The van der Waals surface area contributed by atoms with Gasteiger partial charge in [0.05, 0.1) is 5.57 Å². The van der Waals surface area contributed by atoms with Crippen molar-refractivity contribution in [2.24, 2.45) is 0 Å². The van der Waals surface area contributed by atoms with E-state index in [0.717, 1.165) is 12.1 Å². The van der Waals surface area contributed by atoms with Crippen LogP contribution in [-0.2, 0) is 9.59 Å². The summed E-state index contributed by atoms with van der Waals surface area (Å²) in [5.41, 5.74) is 1.44. The highest BCUT2D eigenvalue weighted by Gasteiger charge is 2.29. The first-order chi connectivity index (χ1) is 7.63. The normalized spacial score (nSPS) is 20.0. The fraction of sp³-hybridized carbons (Fsp3) is 0.455. The Morgan fingerprint density at radius 1 is 1.56 bits per heavy atom. The van der Waals surface area contributed by atoms with Gasteiger partial charge in [-0.3, -0.25) is 14.5 Å². The predicted molar refractivity (Wildman–Crippen MR) is 58.9 cm³/mol. The molecule has 0 radical (unpaired) electrons. The minimum atomic E-state index is -0.116. The third kappa shape index (κ3) is 1.68. The zero-order valence-corrected chi connectivity index (χ0v) is 9.46. The van der Waals surface area contributed by atoms with E-state index in [9.17, 15) is 9.59 Å². The van der Waals surface area contributed by atoms with E-state index in [4.69, 9.17) is 0 Å². The molecule has 2 aliphatic rings. The largest absolute Gasteiger partial charge is 0.355 e. The lowest BCUT2D eigenvalue weighted by molar-refractivity contribution is -0.125. The molecule has 0 atom stereocenters. The lowest BCUT2D eigenvalue weighted by atomic mass is 10.0. The molecule has 0 aromatic rings. The van der Waals surface area contributed by atoms with Crippen LogP contribution in [0.5, 0.6) is 0 Å². The van der Waals surface area contributed by atoms with Crippen molar-refractivity contribution in [1.29, 1.82) is 0 Å². The van der Waals surface area contributed by atoms with Crippen LogP contribution >= 0.6 is 0 Å². The van der Waals surface area contributed by atoms with Gasteiger partial charge in [0.1, 0.15) is 5.82 Å². The van der Waals surface area contributed by atoms with E-state index in [1.807, 2.05) is 6.92 Å². The Hall–Kier alpha value is -1.78. The number of carbonyl (C=O) groups is 2. The molecule has 2 heterocycles. The molecular weight excluding hydrogens is 206 g/mol.